The van der Waals surface area contributed by atoms with Gasteiger partial charge in [-0.1, -0.05) is 18.2 Å². The summed E-state index contributed by atoms with van der Waals surface area (Å²) in [6, 6.07) is 6.74. The van der Waals surface area contributed by atoms with E-state index in [-0.39, 0.29) is 5.82 Å². The zero-order chi connectivity index (χ0) is 15.0. The molecule has 0 saturated carbocycles. The number of alkyl halides is 1. The molecule has 0 aliphatic carbocycles. The van der Waals surface area contributed by atoms with E-state index in [0.29, 0.717) is 5.56 Å². The molecule has 106 valence electrons. The number of benzene rings is 2. The second-order valence-corrected chi connectivity index (χ2v) is 5.86. The lowest BCUT2D eigenvalue weighted by Crippen LogP contribution is -2.07. The fourth-order valence-corrected chi connectivity index (χ4v) is 3.25. The second kappa shape index (κ2) is 5.57. The summed E-state index contributed by atoms with van der Waals surface area (Å²) < 4.78 is 14.0. The molecule has 1 atom stereocenters. The first kappa shape index (κ1) is 15.1. The lowest BCUT2D eigenvalue weighted by molar-refractivity contribution is 0.612. The van der Waals surface area contributed by atoms with E-state index in [1.165, 1.54) is 22.8 Å². The van der Waals surface area contributed by atoms with Crippen LogP contribution >= 0.6 is 11.6 Å². The maximum Gasteiger partial charge on any atom is 0.128 e. The van der Waals surface area contributed by atoms with Gasteiger partial charge in [0.2, 0.25) is 0 Å². The van der Waals surface area contributed by atoms with Crippen LogP contribution in [0, 0.1) is 40.4 Å². The van der Waals surface area contributed by atoms with Crippen LogP contribution in [-0.2, 0) is 0 Å². The molecule has 2 aromatic rings. The Morgan fingerprint density at radius 3 is 1.75 bits per heavy atom. The number of halogens is 2. The fourth-order valence-electron chi connectivity index (χ4n) is 2.75. The summed E-state index contributed by atoms with van der Waals surface area (Å²) in [7, 11) is 0. The van der Waals surface area contributed by atoms with Gasteiger partial charge in [0, 0.05) is 5.56 Å². The molecule has 0 saturated heterocycles. The molecule has 0 amide bonds. The normalized spacial score (nSPS) is 12.6. The van der Waals surface area contributed by atoms with Crippen LogP contribution in [0.15, 0.2) is 24.3 Å². The predicted octanol–water partition coefficient (Wildman–Crippen LogP) is 5.70. The molecule has 0 radical (unpaired) electrons. The van der Waals surface area contributed by atoms with Gasteiger partial charge in [-0.15, -0.1) is 11.6 Å². The van der Waals surface area contributed by atoms with Gasteiger partial charge in [-0.2, -0.15) is 0 Å². The molecule has 2 heteroatoms. The highest BCUT2D eigenvalue weighted by atomic mass is 35.5. The van der Waals surface area contributed by atoms with Crippen molar-refractivity contribution in [2.45, 2.75) is 40.0 Å². The van der Waals surface area contributed by atoms with Crippen LogP contribution in [0.4, 0.5) is 4.39 Å². The lowest BCUT2D eigenvalue weighted by atomic mass is 9.86. The number of hydrogen-bond donors (Lipinski definition) is 0. The fraction of sp³-hybridized carbons (Fsp3) is 0.333. The van der Waals surface area contributed by atoms with Gasteiger partial charge >= 0.3 is 0 Å². The van der Waals surface area contributed by atoms with Crippen LogP contribution in [0.2, 0.25) is 0 Å². The Morgan fingerprint density at radius 1 is 0.800 bits per heavy atom. The Balaban J connectivity index is 2.68. The van der Waals surface area contributed by atoms with Gasteiger partial charge in [-0.3, -0.25) is 0 Å². The third-order valence-corrected chi connectivity index (χ3v) is 4.94. The van der Waals surface area contributed by atoms with E-state index in [1.54, 1.807) is 12.1 Å². The molecular weight excluding hydrogens is 271 g/mol. The van der Waals surface area contributed by atoms with Crippen molar-refractivity contribution >= 4 is 11.6 Å². The average molecular weight is 291 g/mol. The molecule has 1 unspecified atom stereocenters. The average Bonchev–Trinajstić information content (AvgIpc) is 2.43. The third-order valence-electron chi connectivity index (χ3n) is 4.49. The van der Waals surface area contributed by atoms with Crippen LogP contribution < -0.4 is 0 Å². The smallest absolute Gasteiger partial charge is 0.128 e. The first-order valence-electron chi connectivity index (χ1n) is 6.81. The Bertz CT molecular complexity index is 630. The van der Waals surface area contributed by atoms with E-state index < -0.39 is 5.38 Å². The first-order chi connectivity index (χ1) is 9.36. The van der Waals surface area contributed by atoms with Crippen LogP contribution in [0.5, 0.6) is 0 Å². The van der Waals surface area contributed by atoms with Gasteiger partial charge in [0.1, 0.15) is 5.82 Å². The second-order valence-electron chi connectivity index (χ2n) is 5.42. The van der Waals surface area contributed by atoms with Crippen molar-refractivity contribution in [1.29, 1.82) is 0 Å². The lowest BCUT2D eigenvalue weighted by Gasteiger charge is -2.22. The van der Waals surface area contributed by atoms with Crippen molar-refractivity contribution in [2.75, 3.05) is 0 Å². The maximum atomic E-state index is 14.0. The summed E-state index contributed by atoms with van der Waals surface area (Å²) in [5.74, 6) is -0.248. The molecule has 0 heterocycles. The molecule has 0 aliphatic rings. The Morgan fingerprint density at radius 2 is 1.25 bits per heavy atom. The summed E-state index contributed by atoms with van der Waals surface area (Å²) in [5.41, 5.74) is 7.68. The van der Waals surface area contributed by atoms with Gasteiger partial charge in [-0.25, -0.2) is 4.39 Å². The number of hydrogen-bond acceptors (Lipinski definition) is 0. The quantitative estimate of drug-likeness (QED) is 0.623. The summed E-state index contributed by atoms with van der Waals surface area (Å²) in [6.07, 6.45) is 0. The molecule has 0 N–H and O–H groups in total. The zero-order valence-corrected chi connectivity index (χ0v) is 13.4. The molecule has 0 fully saturated rings. The Kier molecular flexibility index (Phi) is 4.19. The standard InChI is InChI=1S/C18H20ClF/c1-10-11(2)13(4)17(14(5)12(10)3)18(19)15-8-6-7-9-16(15)20/h6-9,18H,1-5H3. The van der Waals surface area contributed by atoms with E-state index in [4.69, 9.17) is 11.6 Å². The summed E-state index contributed by atoms with van der Waals surface area (Å²) >= 11 is 6.60. The maximum absolute atomic E-state index is 14.0. The zero-order valence-electron chi connectivity index (χ0n) is 12.6. The summed E-state index contributed by atoms with van der Waals surface area (Å²) in [6.45, 7) is 10.5. The van der Waals surface area contributed by atoms with Crippen LogP contribution in [-0.4, -0.2) is 0 Å². The highest BCUT2D eigenvalue weighted by Crippen LogP contribution is 2.38. The minimum atomic E-state index is -0.450. The Labute approximate surface area is 125 Å². The molecular formula is C18H20ClF. The SMILES string of the molecule is Cc1c(C)c(C)c(C(Cl)c2ccccc2F)c(C)c1C. The molecule has 0 aromatic heterocycles. The Hall–Kier alpha value is -1.34. The minimum absolute atomic E-state index is 0.248. The van der Waals surface area contributed by atoms with E-state index >= 15 is 0 Å². The first-order valence-corrected chi connectivity index (χ1v) is 7.25. The van der Waals surface area contributed by atoms with Gasteiger partial charge in [0.25, 0.3) is 0 Å². The topological polar surface area (TPSA) is 0 Å². The molecule has 2 rings (SSSR count). The predicted molar refractivity (Wildman–Crippen MR) is 84.2 cm³/mol. The molecule has 2 aromatic carbocycles. The molecule has 0 spiro atoms. The molecule has 0 aliphatic heterocycles. The van der Waals surface area contributed by atoms with E-state index in [2.05, 4.69) is 34.6 Å². The minimum Gasteiger partial charge on any atom is -0.207 e. The van der Waals surface area contributed by atoms with Crippen molar-refractivity contribution in [3.8, 4) is 0 Å². The van der Waals surface area contributed by atoms with Crippen molar-refractivity contribution in [1.82, 2.24) is 0 Å². The van der Waals surface area contributed by atoms with Crippen molar-refractivity contribution in [3.05, 3.63) is 69.0 Å². The van der Waals surface area contributed by atoms with Gasteiger partial charge < -0.3 is 0 Å². The third kappa shape index (κ3) is 2.35. The summed E-state index contributed by atoms with van der Waals surface area (Å²) in [5, 5.41) is -0.450. The van der Waals surface area contributed by atoms with Crippen LogP contribution in [0.25, 0.3) is 0 Å². The molecule has 0 bridgehead atoms. The van der Waals surface area contributed by atoms with Gasteiger partial charge in [0.15, 0.2) is 0 Å². The van der Waals surface area contributed by atoms with E-state index in [0.717, 1.165) is 16.7 Å². The highest BCUT2D eigenvalue weighted by Gasteiger charge is 2.22. The van der Waals surface area contributed by atoms with Crippen molar-refractivity contribution in [2.24, 2.45) is 0 Å². The summed E-state index contributed by atoms with van der Waals surface area (Å²) in [4.78, 5) is 0. The van der Waals surface area contributed by atoms with Gasteiger partial charge in [-0.05, 0) is 74.1 Å². The van der Waals surface area contributed by atoms with E-state index in [9.17, 15) is 4.39 Å². The molecule has 20 heavy (non-hydrogen) atoms. The number of rotatable bonds is 2. The highest BCUT2D eigenvalue weighted by molar-refractivity contribution is 6.22. The van der Waals surface area contributed by atoms with E-state index in [1.807, 2.05) is 6.07 Å². The van der Waals surface area contributed by atoms with Crippen LogP contribution in [0.1, 0.15) is 44.3 Å². The monoisotopic (exact) mass is 290 g/mol. The molecule has 0 nitrogen and oxygen atoms in total. The van der Waals surface area contributed by atoms with Crippen molar-refractivity contribution in [3.63, 3.8) is 0 Å². The van der Waals surface area contributed by atoms with Crippen molar-refractivity contribution < 1.29 is 4.39 Å². The van der Waals surface area contributed by atoms with Crippen LogP contribution in [0.3, 0.4) is 0 Å². The largest absolute Gasteiger partial charge is 0.207 e. The van der Waals surface area contributed by atoms with Gasteiger partial charge in [0.05, 0.1) is 5.38 Å².